The van der Waals surface area contributed by atoms with Gasteiger partial charge in [-0.2, -0.15) is 4.99 Å². The number of carbonyl (C=O) groups is 1. The lowest BCUT2D eigenvalue weighted by molar-refractivity contribution is 0.0493. The molecule has 0 aromatic rings. The maximum absolute atomic E-state index is 11.3. The van der Waals surface area contributed by atoms with E-state index in [0.29, 0.717) is 0 Å². The topological polar surface area (TPSA) is 67.8 Å². The maximum Gasteiger partial charge on any atom is 0.409 e. The lowest BCUT2D eigenvalue weighted by Gasteiger charge is -2.22. The number of nitrogens with one attached hydrogen (secondary N) is 1. The van der Waals surface area contributed by atoms with Crippen molar-refractivity contribution < 1.29 is 14.3 Å². The zero-order valence-electron chi connectivity index (χ0n) is 9.83. The van der Waals surface area contributed by atoms with E-state index in [-0.39, 0.29) is 5.92 Å². The summed E-state index contributed by atoms with van der Waals surface area (Å²) >= 11 is 0. The van der Waals surface area contributed by atoms with E-state index in [4.69, 9.17) is 4.74 Å². The third kappa shape index (κ3) is 6.69. The Morgan fingerprint density at radius 2 is 1.93 bits per heavy atom. The van der Waals surface area contributed by atoms with Crippen LogP contribution in [0.25, 0.3) is 0 Å². The maximum atomic E-state index is 11.3. The largest absolute Gasteiger partial charge is 0.444 e. The molecule has 86 valence electrons. The van der Waals surface area contributed by atoms with Crippen LogP contribution < -0.4 is 5.32 Å². The van der Waals surface area contributed by atoms with Gasteiger partial charge >= 0.3 is 6.09 Å². The minimum atomic E-state index is -0.586. The van der Waals surface area contributed by atoms with E-state index < -0.39 is 17.9 Å². The molecule has 0 saturated carbocycles. The van der Waals surface area contributed by atoms with Gasteiger partial charge in [-0.1, -0.05) is 13.8 Å². The number of rotatable bonds is 3. The van der Waals surface area contributed by atoms with E-state index in [2.05, 4.69) is 10.3 Å². The lowest BCUT2D eigenvalue weighted by Crippen LogP contribution is -2.40. The standard InChI is InChI=1S/C10H18N2O3/c1-7(2)8(11-6-13)12-9(14)15-10(3,4)5/h7-8H,1-5H3,(H,12,14). The highest BCUT2D eigenvalue weighted by Crippen LogP contribution is 2.08. The number of nitrogens with zero attached hydrogens (tertiary/aromatic N) is 1. The van der Waals surface area contributed by atoms with Gasteiger partial charge in [0.15, 0.2) is 0 Å². The van der Waals surface area contributed by atoms with Gasteiger partial charge in [-0.15, -0.1) is 0 Å². The van der Waals surface area contributed by atoms with Crippen LogP contribution in [0.1, 0.15) is 34.6 Å². The van der Waals surface area contributed by atoms with Crippen LogP contribution in [0.5, 0.6) is 0 Å². The highest BCUT2D eigenvalue weighted by atomic mass is 16.6. The van der Waals surface area contributed by atoms with Gasteiger partial charge in [0.1, 0.15) is 11.8 Å². The van der Waals surface area contributed by atoms with E-state index in [1.165, 1.54) is 6.08 Å². The fourth-order valence-corrected chi connectivity index (χ4v) is 0.833. The van der Waals surface area contributed by atoms with Crippen LogP contribution in [0.3, 0.4) is 0 Å². The van der Waals surface area contributed by atoms with Crippen LogP contribution in [0.4, 0.5) is 4.79 Å². The van der Waals surface area contributed by atoms with Crippen LogP contribution in [-0.4, -0.2) is 23.9 Å². The Hall–Kier alpha value is -1.35. The van der Waals surface area contributed by atoms with E-state index in [1.807, 2.05) is 13.8 Å². The first-order valence-corrected chi connectivity index (χ1v) is 4.83. The number of carbonyl (C=O) groups excluding carboxylic acids is 2. The monoisotopic (exact) mass is 214 g/mol. The van der Waals surface area contributed by atoms with E-state index in [0.717, 1.165) is 0 Å². The lowest BCUT2D eigenvalue weighted by atomic mass is 10.1. The number of amides is 1. The molecule has 0 aromatic carbocycles. The smallest absolute Gasteiger partial charge is 0.409 e. The number of alkyl carbamates (subject to hydrolysis) is 1. The van der Waals surface area contributed by atoms with Crippen molar-refractivity contribution >= 4 is 12.2 Å². The Labute approximate surface area is 89.9 Å². The van der Waals surface area contributed by atoms with Gasteiger partial charge in [0.2, 0.25) is 6.08 Å². The van der Waals surface area contributed by atoms with Crippen LogP contribution in [0, 0.1) is 5.92 Å². The number of ether oxygens (including phenoxy) is 1. The van der Waals surface area contributed by atoms with E-state index in [1.54, 1.807) is 20.8 Å². The van der Waals surface area contributed by atoms with Gasteiger partial charge in [0.25, 0.3) is 0 Å². The SMILES string of the molecule is CC(C)C(N=C=O)NC(=O)OC(C)(C)C. The average Bonchev–Trinajstić information content (AvgIpc) is 1.99. The Morgan fingerprint density at radius 3 is 2.27 bits per heavy atom. The summed E-state index contributed by atoms with van der Waals surface area (Å²) in [5, 5.41) is 2.48. The molecule has 1 atom stereocenters. The zero-order valence-corrected chi connectivity index (χ0v) is 9.83. The van der Waals surface area contributed by atoms with Crippen molar-refractivity contribution in [2.45, 2.75) is 46.4 Å². The fourth-order valence-electron chi connectivity index (χ4n) is 0.833. The third-order valence-electron chi connectivity index (χ3n) is 1.49. The first-order chi connectivity index (χ1) is 6.76. The Bertz CT molecular complexity index is 262. The molecule has 0 bridgehead atoms. The molecule has 0 aromatic heterocycles. The molecule has 0 aliphatic heterocycles. The second-order valence-electron chi connectivity index (χ2n) is 4.56. The van der Waals surface area contributed by atoms with Crippen molar-refractivity contribution in [3.05, 3.63) is 0 Å². The van der Waals surface area contributed by atoms with Crippen LogP contribution >= 0.6 is 0 Å². The predicted molar refractivity (Wildman–Crippen MR) is 56.1 cm³/mol. The highest BCUT2D eigenvalue weighted by molar-refractivity contribution is 5.68. The second kappa shape index (κ2) is 5.51. The molecule has 0 aliphatic rings. The van der Waals surface area contributed by atoms with E-state index >= 15 is 0 Å². The molecule has 0 saturated heterocycles. The van der Waals surface area contributed by atoms with Crippen LogP contribution in [-0.2, 0) is 9.53 Å². The molecule has 0 rings (SSSR count). The molecule has 1 amide bonds. The molecular formula is C10H18N2O3. The molecule has 5 heteroatoms. The van der Waals surface area contributed by atoms with Gasteiger partial charge in [-0.05, 0) is 26.7 Å². The molecular weight excluding hydrogens is 196 g/mol. The summed E-state index contributed by atoms with van der Waals surface area (Å²) < 4.78 is 5.02. The second-order valence-corrected chi connectivity index (χ2v) is 4.56. The quantitative estimate of drug-likeness (QED) is 0.575. The number of aliphatic imine (C=N–C) groups is 1. The average molecular weight is 214 g/mol. The molecule has 1 N–H and O–H groups in total. The Balaban J connectivity index is 4.30. The molecule has 0 heterocycles. The number of isocyanates is 1. The van der Waals surface area contributed by atoms with Crippen molar-refractivity contribution in [2.75, 3.05) is 0 Å². The van der Waals surface area contributed by atoms with Crippen molar-refractivity contribution in [1.82, 2.24) is 5.32 Å². The number of hydrogen-bond donors (Lipinski definition) is 1. The van der Waals surface area contributed by atoms with Gasteiger partial charge in [0.05, 0.1) is 0 Å². The fraction of sp³-hybridized carbons (Fsp3) is 0.800. The zero-order chi connectivity index (χ0) is 12.1. The molecule has 15 heavy (non-hydrogen) atoms. The first kappa shape index (κ1) is 13.7. The minimum absolute atomic E-state index is 0.0129. The Morgan fingerprint density at radius 1 is 1.40 bits per heavy atom. The molecule has 0 spiro atoms. The van der Waals surface area contributed by atoms with Crippen molar-refractivity contribution in [3.8, 4) is 0 Å². The summed E-state index contributed by atoms with van der Waals surface area (Å²) in [4.78, 5) is 24.9. The van der Waals surface area contributed by atoms with Gasteiger partial charge in [-0.3, -0.25) is 5.32 Å². The van der Waals surface area contributed by atoms with Crippen molar-refractivity contribution in [2.24, 2.45) is 10.9 Å². The summed E-state index contributed by atoms with van der Waals surface area (Å²) in [7, 11) is 0. The van der Waals surface area contributed by atoms with Crippen molar-refractivity contribution in [1.29, 1.82) is 0 Å². The Kier molecular flexibility index (Phi) is 5.02. The first-order valence-electron chi connectivity index (χ1n) is 4.83. The molecule has 5 nitrogen and oxygen atoms in total. The summed E-state index contributed by atoms with van der Waals surface area (Å²) in [5.41, 5.74) is -0.559. The van der Waals surface area contributed by atoms with Gasteiger partial charge < -0.3 is 4.74 Å². The molecule has 0 radical (unpaired) electrons. The summed E-state index contributed by atoms with van der Waals surface area (Å²) in [6, 6.07) is 0. The van der Waals surface area contributed by atoms with Gasteiger partial charge in [-0.25, -0.2) is 9.59 Å². The number of hydrogen-bond acceptors (Lipinski definition) is 4. The minimum Gasteiger partial charge on any atom is -0.444 e. The predicted octanol–water partition coefficient (Wildman–Crippen LogP) is 1.83. The summed E-state index contributed by atoms with van der Waals surface area (Å²) in [6.45, 7) is 8.96. The summed E-state index contributed by atoms with van der Waals surface area (Å²) in [5.74, 6) is 0.0129. The van der Waals surface area contributed by atoms with Crippen LogP contribution in [0.2, 0.25) is 0 Å². The van der Waals surface area contributed by atoms with E-state index in [9.17, 15) is 9.59 Å². The molecule has 1 unspecified atom stereocenters. The van der Waals surface area contributed by atoms with Gasteiger partial charge in [0, 0.05) is 0 Å². The molecule has 0 aliphatic carbocycles. The van der Waals surface area contributed by atoms with Crippen LogP contribution in [0.15, 0.2) is 4.99 Å². The highest BCUT2D eigenvalue weighted by Gasteiger charge is 2.20. The molecule has 0 fully saturated rings. The summed E-state index contributed by atoms with van der Waals surface area (Å²) in [6.07, 6.45) is 0.253. The third-order valence-corrected chi connectivity index (χ3v) is 1.49. The van der Waals surface area contributed by atoms with Crippen molar-refractivity contribution in [3.63, 3.8) is 0 Å². The normalized spacial score (nSPS) is 12.9.